The van der Waals surface area contributed by atoms with Crippen LogP contribution in [-0.2, 0) is 16.6 Å². The minimum atomic E-state index is 0.0498. The molecule has 1 aliphatic heterocycles. The molecule has 2 aromatic carbocycles. The van der Waals surface area contributed by atoms with E-state index in [1.54, 1.807) is 19.2 Å². The fourth-order valence-electron chi connectivity index (χ4n) is 6.22. The van der Waals surface area contributed by atoms with Crippen molar-refractivity contribution < 1.29 is 9.53 Å². The lowest BCUT2D eigenvalue weighted by atomic mass is 9.58. The van der Waals surface area contributed by atoms with Gasteiger partial charge in [-0.15, -0.1) is 0 Å². The topological polar surface area (TPSA) is 41.6 Å². The maximum atomic E-state index is 12.9. The number of methoxy groups -OCH3 is 1. The zero-order valence-electron chi connectivity index (χ0n) is 19.9. The molecular formula is C28H34Cl2N2O2. The number of hydrogen-bond acceptors (Lipinski definition) is 3. The van der Waals surface area contributed by atoms with E-state index in [2.05, 4.69) is 28.4 Å². The first-order valence-electron chi connectivity index (χ1n) is 12.6. The van der Waals surface area contributed by atoms with Gasteiger partial charge in [0.1, 0.15) is 5.75 Å². The molecule has 3 aliphatic rings. The number of piperidine rings is 1. The van der Waals surface area contributed by atoms with Gasteiger partial charge in [0.2, 0.25) is 5.91 Å². The molecule has 0 bridgehead atoms. The number of nitrogens with one attached hydrogen (secondary N) is 1. The molecule has 1 saturated heterocycles. The Hall–Kier alpha value is -1.75. The van der Waals surface area contributed by atoms with Crippen molar-refractivity contribution >= 4 is 29.1 Å². The predicted octanol–water partition coefficient (Wildman–Crippen LogP) is 5.88. The predicted molar refractivity (Wildman–Crippen MR) is 138 cm³/mol. The number of hydrogen-bond donors (Lipinski definition) is 1. The first-order valence-corrected chi connectivity index (χ1v) is 13.3. The Morgan fingerprint density at radius 2 is 1.97 bits per heavy atom. The van der Waals surface area contributed by atoms with Gasteiger partial charge in [-0.1, -0.05) is 41.4 Å². The van der Waals surface area contributed by atoms with Crippen LogP contribution in [0.25, 0.3) is 0 Å². The molecule has 3 unspecified atom stereocenters. The minimum Gasteiger partial charge on any atom is -0.497 e. The summed E-state index contributed by atoms with van der Waals surface area (Å²) in [5.74, 6) is 2.49. The van der Waals surface area contributed by atoms with Crippen LogP contribution in [0.4, 0.5) is 0 Å². The maximum absolute atomic E-state index is 12.9. The minimum absolute atomic E-state index is 0.0498. The molecule has 1 amide bonds. The van der Waals surface area contributed by atoms with Gasteiger partial charge in [-0.2, -0.15) is 0 Å². The first kappa shape index (κ1) is 24.0. The average molecular weight is 501 g/mol. The molecule has 3 atom stereocenters. The lowest BCUT2D eigenvalue weighted by Crippen LogP contribution is -2.56. The van der Waals surface area contributed by atoms with Crippen molar-refractivity contribution in [2.24, 2.45) is 11.8 Å². The summed E-state index contributed by atoms with van der Waals surface area (Å²) < 4.78 is 5.58. The van der Waals surface area contributed by atoms with Crippen molar-refractivity contribution in [2.75, 3.05) is 26.7 Å². The number of rotatable bonds is 7. The first-order chi connectivity index (χ1) is 16.4. The number of carbonyl (C=O) groups is 1. The Morgan fingerprint density at radius 3 is 2.74 bits per heavy atom. The Balaban J connectivity index is 1.32. The van der Waals surface area contributed by atoms with Gasteiger partial charge in [0, 0.05) is 24.5 Å². The number of nitrogens with zero attached hydrogens (tertiary/aromatic N) is 1. The van der Waals surface area contributed by atoms with Crippen molar-refractivity contribution in [2.45, 2.75) is 56.4 Å². The van der Waals surface area contributed by atoms with Crippen LogP contribution in [0.1, 0.15) is 49.7 Å². The van der Waals surface area contributed by atoms with Crippen molar-refractivity contribution in [3.05, 3.63) is 63.6 Å². The van der Waals surface area contributed by atoms with Gasteiger partial charge < -0.3 is 15.0 Å². The highest BCUT2D eigenvalue weighted by atomic mass is 35.5. The Bertz CT molecular complexity index is 1040. The molecule has 2 saturated carbocycles. The molecule has 0 radical (unpaired) electrons. The van der Waals surface area contributed by atoms with Crippen LogP contribution in [0.15, 0.2) is 42.5 Å². The zero-order chi connectivity index (χ0) is 23.7. The number of ether oxygens (including phenoxy) is 1. The monoisotopic (exact) mass is 500 g/mol. The van der Waals surface area contributed by atoms with Crippen molar-refractivity contribution in [3.63, 3.8) is 0 Å². The largest absolute Gasteiger partial charge is 0.497 e. The summed E-state index contributed by atoms with van der Waals surface area (Å²) in [7, 11) is 1.74. The summed E-state index contributed by atoms with van der Waals surface area (Å²) in [6.07, 6.45) is 7.39. The summed E-state index contributed by atoms with van der Waals surface area (Å²) in [6.45, 7) is 3.56. The van der Waals surface area contributed by atoms with Gasteiger partial charge >= 0.3 is 0 Å². The lowest BCUT2D eigenvalue weighted by molar-refractivity contribution is -0.121. The highest BCUT2D eigenvalue weighted by Crippen LogP contribution is 2.50. The quantitative estimate of drug-likeness (QED) is 0.515. The molecule has 1 heterocycles. The normalized spacial score (nSPS) is 27.1. The number of carbonyl (C=O) groups excluding carboxylic acids is 1. The van der Waals surface area contributed by atoms with E-state index >= 15 is 0 Å². The molecule has 0 aromatic heterocycles. The van der Waals surface area contributed by atoms with E-state index < -0.39 is 0 Å². The van der Waals surface area contributed by atoms with E-state index in [9.17, 15) is 4.79 Å². The molecule has 34 heavy (non-hydrogen) atoms. The van der Waals surface area contributed by atoms with Gasteiger partial charge in [0.05, 0.1) is 23.6 Å². The van der Waals surface area contributed by atoms with Crippen LogP contribution in [-0.4, -0.2) is 43.6 Å². The molecular weight excluding hydrogens is 467 g/mol. The number of halogens is 2. The summed E-state index contributed by atoms with van der Waals surface area (Å²) in [6, 6.07) is 14.2. The average Bonchev–Trinajstić information content (AvgIpc) is 3.65. The SMILES string of the molecule is COc1cccc(C23CCN(CC4CC4)CC2CCC(NC(=O)Cc2ccc(Cl)c(Cl)c2)C3)c1. The van der Waals surface area contributed by atoms with Crippen LogP contribution in [0, 0.1) is 11.8 Å². The zero-order valence-corrected chi connectivity index (χ0v) is 21.4. The molecule has 182 valence electrons. The van der Waals surface area contributed by atoms with E-state index in [-0.39, 0.29) is 17.4 Å². The Kier molecular flexibility index (Phi) is 7.11. The third-order valence-electron chi connectivity index (χ3n) is 8.18. The summed E-state index contributed by atoms with van der Waals surface area (Å²) in [5.41, 5.74) is 2.33. The fraction of sp³-hybridized carbons (Fsp3) is 0.536. The molecule has 5 rings (SSSR count). The van der Waals surface area contributed by atoms with Crippen LogP contribution >= 0.6 is 23.2 Å². The number of benzene rings is 2. The molecule has 1 N–H and O–H groups in total. The highest BCUT2D eigenvalue weighted by Gasteiger charge is 2.48. The van der Waals surface area contributed by atoms with Gasteiger partial charge in [0.15, 0.2) is 0 Å². The van der Waals surface area contributed by atoms with E-state index in [1.807, 2.05) is 12.1 Å². The standard InChI is InChI=1S/C28H34Cl2N2O2/c1-34-24-4-2-3-21(15-24)28-11-12-32(17-19-5-6-19)18-22(28)8-9-23(16-28)31-27(33)14-20-7-10-25(29)26(30)13-20/h2-4,7,10,13,15,19,22-23H,5-6,8-9,11-12,14,16-18H2,1H3,(H,31,33). The smallest absolute Gasteiger partial charge is 0.224 e. The number of likely N-dealkylation sites (tertiary alicyclic amines) is 1. The second kappa shape index (κ2) is 10.1. The van der Waals surface area contributed by atoms with Gasteiger partial charge in [-0.05, 0) is 92.3 Å². The van der Waals surface area contributed by atoms with Crippen molar-refractivity contribution in [3.8, 4) is 5.75 Å². The van der Waals surface area contributed by atoms with Crippen LogP contribution in [0.3, 0.4) is 0 Å². The second-order valence-electron chi connectivity index (χ2n) is 10.5. The van der Waals surface area contributed by atoms with Gasteiger partial charge in [0.25, 0.3) is 0 Å². The van der Waals surface area contributed by atoms with Gasteiger partial charge in [-0.25, -0.2) is 0 Å². The van der Waals surface area contributed by atoms with E-state index in [4.69, 9.17) is 27.9 Å². The molecule has 4 nitrogen and oxygen atoms in total. The third-order valence-corrected chi connectivity index (χ3v) is 8.92. The summed E-state index contributed by atoms with van der Waals surface area (Å²) >= 11 is 12.2. The maximum Gasteiger partial charge on any atom is 0.224 e. The third kappa shape index (κ3) is 5.24. The van der Waals surface area contributed by atoms with E-state index in [0.29, 0.717) is 22.4 Å². The fourth-order valence-corrected chi connectivity index (χ4v) is 6.54. The second-order valence-corrected chi connectivity index (χ2v) is 11.3. The summed E-state index contributed by atoms with van der Waals surface area (Å²) in [4.78, 5) is 15.6. The number of fused-ring (bicyclic) bond motifs is 1. The molecule has 2 aromatic rings. The highest BCUT2D eigenvalue weighted by molar-refractivity contribution is 6.42. The molecule has 3 fully saturated rings. The molecule has 2 aliphatic carbocycles. The van der Waals surface area contributed by atoms with E-state index in [0.717, 1.165) is 56.0 Å². The summed E-state index contributed by atoms with van der Waals surface area (Å²) in [5, 5.41) is 4.35. The molecule has 6 heteroatoms. The van der Waals surface area contributed by atoms with Crippen molar-refractivity contribution in [1.82, 2.24) is 10.2 Å². The lowest BCUT2D eigenvalue weighted by Gasteiger charge is -2.53. The Labute approximate surface area is 213 Å². The van der Waals surface area contributed by atoms with Crippen LogP contribution < -0.4 is 10.1 Å². The van der Waals surface area contributed by atoms with Gasteiger partial charge in [-0.3, -0.25) is 4.79 Å². The number of amides is 1. The Morgan fingerprint density at radius 1 is 1.12 bits per heavy atom. The van der Waals surface area contributed by atoms with Crippen molar-refractivity contribution in [1.29, 1.82) is 0 Å². The van der Waals surface area contributed by atoms with Crippen LogP contribution in [0.2, 0.25) is 10.0 Å². The van der Waals surface area contributed by atoms with E-state index in [1.165, 1.54) is 24.9 Å². The molecule has 0 spiro atoms. The van der Waals surface area contributed by atoms with Crippen LogP contribution in [0.5, 0.6) is 5.75 Å².